The molecule has 7 nitrogen and oxygen atoms in total. The van der Waals surface area contributed by atoms with Crippen LogP contribution in [0.5, 0.6) is 0 Å². The first-order chi connectivity index (χ1) is 18.4. The van der Waals surface area contributed by atoms with E-state index in [-0.39, 0.29) is 22.8 Å². The molecule has 0 saturated heterocycles. The van der Waals surface area contributed by atoms with Gasteiger partial charge in [0.15, 0.2) is 5.13 Å². The van der Waals surface area contributed by atoms with Crippen LogP contribution in [0.2, 0.25) is 0 Å². The number of nitrogens with zero attached hydrogens (tertiary/aromatic N) is 1. The van der Waals surface area contributed by atoms with Gasteiger partial charge in [-0.1, -0.05) is 48.5 Å². The van der Waals surface area contributed by atoms with Gasteiger partial charge in [0, 0.05) is 27.7 Å². The molecule has 1 atom stereocenters. The van der Waals surface area contributed by atoms with Gasteiger partial charge in [-0.2, -0.15) is 0 Å². The van der Waals surface area contributed by atoms with Gasteiger partial charge in [-0.25, -0.2) is 4.98 Å². The molecule has 4 rings (SSSR count). The SMILES string of the molecule is Cc1ccccc1/C=C(\NC(=O)c1ccccc1)C(=O)Nc1cccc(SC(C)C(=O)Nc2nccs2)c1. The van der Waals surface area contributed by atoms with Crippen molar-refractivity contribution < 1.29 is 14.4 Å². The fraction of sp³-hybridized carbons (Fsp3) is 0.103. The average molecular weight is 543 g/mol. The van der Waals surface area contributed by atoms with Crippen LogP contribution < -0.4 is 16.0 Å². The molecule has 192 valence electrons. The molecule has 0 spiro atoms. The molecule has 1 unspecified atom stereocenters. The van der Waals surface area contributed by atoms with Gasteiger partial charge in [0.25, 0.3) is 11.8 Å². The summed E-state index contributed by atoms with van der Waals surface area (Å²) in [6.07, 6.45) is 3.30. The number of rotatable bonds is 9. The van der Waals surface area contributed by atoms with E-state index in [4.69, 9.17) is 0 Å². The molecule has 0 bridgehead atoms. The van der Waals surface area contributed by atoms with Crippen LogP contribution in [0.1, 0.15) is 28.4 Å². The first-order valence-electron chi connectivity index (χ1n) is 11.8. The van der Waals surface area contributed by atoms with Gasteiger partial charge in [0.1, 0.15) is 5.70 Å². The summed E-state index contributed by atoms with van der Waals surface area (Å²) in [6.45, 7) is 3.74. The van der Waals surface area contributed by atoms with Gasteiger partial charge in [0.05, 0.1) is 5.25 Å². The highest BCUT2D eigenvalue weighted by atomic mass is 32.2. The predicted octanol–water partition coefficient (Wildman–Crippen LogP) is 5.98. The first-order valence-corrected chi connectivity index (χ1v) is 13.6. The Kier molecular flexibility index (Phi) is 9.07. The van der Waals surface area contributed by atoms with Crippen molar-refractivity contribution in [1.82, 2.24) is 10.3 Å². The van der Waals surface area contributed by atoms with Crippen molar-refractivity contribution in [2.24, 2.45) is 0 Å². The zero-order valence-electron chi connectivity index (χ0n) is 20.8. The normalized spacial score (nSPS) is 11.9. The zero-order valence-corrected chi connectivity index (χ0v) is 22.4. The lowest BCUT2D eigenvalue weighted by molar-refractivity contribution is -0.115. The second-order valence-electron chi connectivity index (χ2n) is 8.30. The summed E-state index contributed by atoms with van der Waals surface area (Å²) >= 11 is 2.72. The standard InChI is InChI=1S/C29H26N4O3S2/c1-19-9-6-7-12-22(19)17-25(32-27(35)21-10-4-3-5-11-21)28(36)31-23-13-8-14-24(18-23)38-20(2)26(34)33-29-30-15-16-37-29/h3-18,20H,1-2H3,(H,31,36)(H,32,35)(H,30,33,34)/b25-17-. The lowest BCUT2D eigenvalue weighted by Crippen LogP contribution is -2.30. The fourth-order valence-corrected chi connectivity index (χ4v) is 4.90. The molecular formula is C29H26N4O3S2. The number of carbonyl (C=O) groups excluding carboxylic acids is 3. The third-order valence-electron chi connectivity index (χ3n) is 5.45. The Bertz CT molecular complexity index is 1450. The Balaban J connectivity index is 1.50. The third kappa shape index (κ3) is 7.41. The molecule has 0 radical (unpaired) electrons. The number of carbonyl (C=O) groups is 3. The number of aryl methyl sites for hydroxylation is 1. The number of hydrogen-bond acceptors (Lipinski definition) is 6. The van der Waals surface area contributed by atoms with Gasteiger partial charge in [0.2, 0.25) is 5.91 Å². The number of amides is 3. The molecule has 0 saturated carbocycles. The molecule has 3 N–H and O–H groups in total. The Morgan fingerprint density at radius 2 is 1.71 bits per heavy atom. The van der Waals surface area contributed by atoms with Gasteiger partial charge in [-0.3, -0.25) is 14.4 Å². The maximum absolute atomic E-state index is 13.3. The molecule has 3 aromatic carbocycles. The van der Waals surface area contributed by atoms with Crippen molar-refractivity contribution in [1.29, 1.82) is 0 Å². The number of thioether (sulfide) groups is 1. The van der Waals surface area contributed by atoms with Crippen molar-refractivity contribution in [2.45, 2.75) is 24.0 Å². The van der Waals surface area contributed by atoms with Crippen molar-refractivity contribution in [2.75, 3.05) is 10.6 Å². The maximum Gasteiger partial charge on any atom is 0.272 e. The Hall–Kier alpha value is -4.21. The van der Waals surface area contributed by atoms with Gasteiger partial charge >= 0.3 is 0 Å². The molecule has 1 heterocycles. The minimum Gasteiger partial charge on any atom is -0.321 e. The van der Waals surface area contributed by atoms with E-state index in [2.05, 4.69) is 20.9 Å². The van der Waals surface area contributed by atoms with Crippen LogP contribution >= 0.6 is 23.1 Å². The average Bonchev–Trinajstić information content (AvgIpc) is 3.43. The first kappa shape index (κ1) is 26.8. The van der Waals surface area contributed by atoms with Crippen LogP contribution in [0, 0.1) is 6.92 Å². The van der Waals surface area contributed by atoms with Crippen molar-refractivity contribution in [3.63, 3.8) is 0 Å². The highest BCUT2D eigenvalue weighted by molar-refractivity contribution is 8.00. The summed E-state index contributed by atoms with van der Waals surface area (Å²) in [5.41, 5.74) is 2.88. The molecular weight excluding hydrogens is 516 g/mol. The summed E-state index contributed by atoms with van der Waals surface area (Å²) in [4.78, 5) is 43.6. The van der Waals surface area contributed by atoms with Crippen LogP contribution in [0.4, 0.5) is 10.8 Å². The van der Waals surface area contributed by atoms with E-state index in [0.717, 1.165) is 16.0 Å². The van der Waals surface area contributed by atoms with Crippen molar-refractivity contribution >= 4 is 57.7 Å². The number of hydrogen-bond donors (Lipinski definition) is 3. The number of thiazole rings is 1. The van der Waals surface area contributed by atoms with E-state index in [1.54, 1.807) is 67.0 Å². The van der Waals surface area contributed by atoms with Crippen LogP contribution in [0.15, 0.2) is 101 Å². The Morgan fingerprint density at radius 3 is 2.45 bits per heavy atom. The van der Waals surface area contributed by atoms with Gasteiger partial charge < -0.3 is 16.0 Å². The van der Waals surface area contributed by atoms with Gasteiger partial charge in [-0.15, -0.1) is 23.1 Å². The molecule has 0 fully saturated rings. The van der Waals surface area contributed by atoms with Crippen molar-refractivity contribution in [3.05, 3.63) is 113 Å². The molecule has 9 heteroatoms. The van der Waals surface area contributed by atoms with Crippen molar-refractivity contribution in [3.8, 4) is 0 Å². The maximum atomic E-state index is 13.3. The second kappa shape index (κ2) is 12.8. The number of aromatic nitrogens is 1. The zero-order chi connectivity index (χ0) is 26.9. The van der Waals surface area contributed by atoms with E-state index in [1.807, 2.05) is 43.3 Å². The number of nitrogens with one attached hydrogen (secondary N) is 3. The van der Waals surface area contributed by atoms with E-state index in [0.29, 0.717) is 16.4 Å². The molecule has 0 aliphatic rings. The predicted molar refractivity (Wildman–Crippen MR) is 154 cm³/mol. The Labute approximate surface area is 229 Å². The highest BCUT2D eigenvalue weighted by Crippen LogP contribution is 2.27. The highest BCUT2D eigenvalue weighted by Gasteiger charge is 2.18. The Morgan fingerprint density at radius 1 is 0.947 bits per heavy atom. The minimum absolute atomic E-state index is 0.113. The molecule has 0 aliphatic heterocycles. The topological polar surface area (TPSA) is 100 Å². The van der Waals surface area contributed by atoms with Crippen LogP contribution in [-0.4, -0.2) is 28.0 Å². The van der Waals surface area contributed by atoms with E-state index in [1.165, 1.54) is 23.1 Å². The smallest absolute Gasteiger partial charge is 0.272 e. The monoisotopic (exact) mass is 542 g/mol. The summed E-state index contributed by atoms with van der Waals surface area (Å²) in [5.74, 6) is -1.01. The number of anilines is 2. The van der Waals surface area contributed by atoms with E-state index >= 15 is 0 Å². The van der Waals surface area contributed by atoms with Crippen LogP contribution in [0.25, 0.3) is 6.08 Å². The van der Waals surface area contributed by atoms with E-state index in [9.17, 15) is 14.4 Å². The molecule has 3 amide bonds. The largest absolute Gasteiger partial charge is 0.321 e. The summed E-state index contributed by atoms with van der Waals surface area (Å²) in [5, 5.41) is 10.4. The van der Waals surface area contributed by atoms with Crippen LogP contribution in [0.3, 0.4) is 0 Å². The summed E-state index contributed by atoms with van der Waals surface area (Å²) in [7, 11) is 0. The number of benzene rings is 3. The van der Waals surface area contributed by atoms with Crippen LogP contribution in [-0.2, 0) is 9.59 Å². The lowest BCUT2D eigenvalue weighted by atomic mass is 10.1. The van der Waals surface area contributed by atoms with Gasteiger partial charge in [-0.05, 0) is 61.4 Å². The molecule has 38 heavy (non-hydrogen) atoms. The minimum atomic E-state index is -0.464. The third-order valence-corrected chi connectivity index (χ3v) is 7.24. The molecule has 0 aliphatic carbocycles. The second-order valence-corrected chi connectivity index (χ2v) is 10.6. The molecule has 1 aromatic heterocycles. The van der Waals surface area contributed by atoms with E-state index < -0.39 is 5.91 Å². The summed E-state index contributed by atoms with van der Waals surface area (Å²) < 4.78 is 0. The molecule has 4 aromatic rings. The quantitative estimate of drug-likeness (QED) is 0.178. The fourth-order valence-electron chi connectivity index (χ4n) is 3.44. The lowest BCUT2D eigenvalue weighted by Gasteiger charge is -2.14. The summed E-state index contributed by atoms with van der Waals surface area (Å²) in [6, 6.07) is 23.6.